The van der Waals surface area contributed by atoms with Crippen LogP contribution in [-0.2, 0) is 0 Å². The van der Waals surface area contributed by atoms with Crippen molar-refractivity contribution in [3.8, 4) is 5.75 Å². The van der Waals surface area contributed by atoms with E-state index >= 15 is 0 Å². The molecule has 17 heavy (non-hydrogen) atoms. The summed E-state index contributed by atoms with van der Waals surface area (Å²) in [6, 6.07) is 3.20. The molecule has 0 fully saturated rings. The summed E-state index contributed by atoms with van der Waals surface area (Å²) in [5.74, 6) is 0.286. The molecular formula is C12H15BrFNOS. The number of hydrogen-bond donors (Lipinski definition) is 1. The molecule has 0 spiro atoms. The molecule has 1 rings (SSSR count). The Kier molecular flexibility index (Phi) is 5.33. The highest BCUT2D eigenvalue weighted by Gasteiger charge is 2.13. The molecule has 0 aliphatic rings. The summed E-state index contributed by atoms with van der Waals surface area (Å²) in [5.41, 5.74) is 5.95. The molecule has 0 atom stereocenters. The third-order valence-electron chi connectivity index (χ3n) is 2.27. The maximum absolute atomic E-state index is 13.9. The largest absolute Gasteiger partial charge is 0.490 e. The van der Waals surface area contributed by atoms with Gasteiger partial charge in [-0.2, -0.15) is 0 Å². The third kappa shape index (κ3) is 3.92. The molecule has 2 nitrogen and oxygen atoms in total. The van der Waals surface area contributed by atoms with E-state index < -0.39 is 5.82 Å². The SMILES string of the molecule is CC(C)CCOc1ccc(C(N)=S)c(Br)c1F. The smallest absolute Gasteiger partial charge is 0.179 e. The summed E-state index contributed by atoms with van der Waals surface area (Å²) in [6.07, 6.45) is 0.883. The van der Waals surface area contributed by atoms with E-state index in [1.807, 2.05) is 0 Å². The van der Waals surface area contributed by atoms with Crippen molar-refractivity contribution < 1.29 is 9.13 Å². The second-order valence-electron chi connectivity index (χ2n) is 4.13. The average Bonchev–Trinajstić information content (AvgIpc) is 2.23. The predicted octanol–water partition coefficient (Wildman–Crippen LogP) is 3.65. The number of hydrogen-bond acceptors (Lipinski definition) is 2. The Labute approximate surface area is 114 Å². The van der Waals surface area contributed by atoms with Crippen LogP contribution in [0.15, 0.2) is 16.6 Å². The van der Waals surface area contributed by atoms with Gasteiger partial charge in [-0.25, -0.2) is 4.39 Å². The Bertz CT molecular complexity index is 423. The maximum Gasteiger partial charge on any atom is 0.179 e. The standard InChI is InChI=1S/C12H15BrFNOS/c1-7(2)5-6-16-9-4-3-8(12(15)17)10(13)11(9)14/h3-4,7H,5-6H2,1-2H3,(H2,15,17). The zero-order valence-electron chi connectivity index (χ0n) is 9.80. The topological polar surface area (TPSA) is 35.2 Å². The van der Waals surface area contributed by atoms with Crippen LogP contribution in [0.1, 0.15) is 25.8 Å². The number of benzene rings is 1. The quantitative estimate of drug-likeness (QED) is 0.841. The first-order valence-electron chi connectivity index (χ1n) is 5.34. The van der Waals surface area contributed by atoms with Crippen molar-refractivity contribution in [1.29, 1.82) is 0 Å². The van der Waals surface area contributed by atoms with Gasteiger partial charge in [-0.3, -0.25) is 0 Å². The first kappa shape index (κ1) is 14.4. The Hall–Kier alpha value is -0.680. The zero-order chi connectivity index (χ0) is 13.0. The van der Waals surface area contributed by atoms with Crippen LogP contribution in [-0.4, -0.2) is 11.6 Å². The van der Waals surface area contributed by atoms with Crippen molar-refractivity contribution in [3.63, 3.8) is 0 Å². The van der Waals surface area contributed by atoms with Gasteiger partial charge in [0.05, 0.1) is 11.1 Å². The van der Waals surface area contributed by atoms with Gasteiger partial charge in [0.25, 0.3) is 0 Å². The lowest BCUT2D eigenvalue weighted by atomic mass is 10.1. The Morgan fingerprint density at radius 1 is 1.53 bits per heavy atom. The van der Waals surface area contributed by atoms with Gasteiger partial charge < -0.3 is 10.5 Å². The number of ether oxygens (including phenoxy) is 1. The van der Waals surface area contributed by atoms with Gasteiger partial charge in [0.1, 0.15) is 4.99 Å². The van der Waals surface area contributed by atoms with E-state index in [1.165, 1.54) is 0 Å². The highest BCUT2D eigenvalue weighted by atomic mass is 79.9. The lowest BCUT2D eigenvalue weighted by Gasteiger charge is -2.11. The van der Waals surface area contributed by atoms with E-state index in [0.717, 1.165) is 6.42 Å². The van der Waals surface area contributed by atoms with E-state index in [9.17, 15) is 4.39 Å². The van der Waals surface area contributed by atoms with Crippen LogP contribution in [0.2, 0.25) is 0 Å². The molecule has 0 saturated carbocycles. The fraction of sp³-hybridized carbons (Fsp3) is 0.417. The number of rotatable bonds is 5. The number of halogens is 2. The molecule has 2 N–H and O–H groups in total. The fourth-order valence-corrected chi connectivity index (χ4v) is 2.08. The molecular weight excluding hydrogens is 305 g/mol. The molecule has 94 valence electrons. The van der Waals surface area contributed by atoms with Crippen LogP contribution in [0.3, 0.4) is 0 Å². The molecule has 5 heteroatoms. The van der Waals surface area contributed by atoms with Gasteiger partial charge >= 0.3 is 0 Å². The average molecular weight is 320 g/mol. The van der Waals surface area contributed by atoms with E-state index in [0.29, 0.717) is 18.1 Å². The molecule has 0 radical (unpaired) electrons. The van der Waals surface area contributed by atoms with E-state index in [4.69, 9.17) is 22.7 Å². The van der Waals surface area contributed by atoms with Crippen LogP contribution in [0.5, 0.6) is 5.75 Å². The first-order valence-corrected chi connectivity index (χ1v) is 6.54. The molecule has 1 aromatic rings. The zero-order valence-corrected chi connectivity index (χ0v) is 12.2. The molecule has 0 aromatic heterocycles. The monoisotopic (exact) mass is 319 g/mol. The highest BCUT2D eigenvalue weighted by molar-refractivity contribution is 9.10. The highest BCUT2D eigenvalue weighted by Crippen LogP contribution is 2.28. The summed E-state index contributed by atoms with van der Waals surface area (Å²) >= 11 is 7.94. The van der Waals surface area contributed by atoms with Crippen molar-refractivity contribution in [2.45, 2.75) is 20.3 Å². The number of thiocarbonyl (C=S) groups is 1. The molecule has 1 aromatic carbocycles. The minimum Gasteiger partial charge on any atom is -0.490 e. The van der Waals surface area contributed by atoms with E-state index in [2.05, 4.69) is 29.8 Å². The van der Waals surface area contributed by atoms with Crippen molar-refractivity contribution in [2.75, 3.05) is 6.61 Å². The first-order chi connectivity index (χ1) is 7.93. The molecule has 0 bridgehead atoms. The van der Waals surface area contributed by atoms with E-state index in [-0.39, 0.29) is 15.2 Å². The molecule has 0 aliphatic heterocycles. The van der Waals surface area contributed by atoms with Crippen LogP contribution in [0.25, 0.3) is 0 Å². The minimum absolute atomic E-state index is 0.157. The van der Waals surface area contributed by atoms with Crippen LogP contribution in [0, 0.1) is 11.7 Å². The van der Waals surface area contributed by atoms with Gasteiger partial charge in [-0.05, 0) is 40.4 Å². The Balaban J connectivity index is 2.82. The minimum atomic E-state index is -0.459. The third-order valence-corrected chi connectivity index (χ3v) is 3.26. The summed E-state index contributed by atoms with van der Waals surface area (Å²) in [6.45, 7) is 4.67. The second kappa shape index (κ2) is 6.31. The van der Waals surface area contributed by atoms with Crippen molar-refractivity contribution in [1.82, 2.24) is 0 Å². The predicted molar refractivity (Wildman–Crippen MR) is 74.9 cm³/mol. The van der Waals surface area contributed by atoms with Crippen LogP contribution >= 0.6 is 28.1 Å². The Morgan fingerprint density at radius 3 is 2.71 bits per heavy atom. The van der Waals surface area contributed by atoms with Crippen LogP contribution in [0.4, 0.5) is 4.39 Å². The van der Waals surface area contributed by atoms with Gasteiger partial charge in [0.2, 0.25) is 0 Å². The summed E-state index contributed by atoms with van der Waals surface area (Å²) < 4.78 is 19.5. The van der Waals surface area contributed by atoms with Gasteiger partial charge in [-0.15, -0.1) is 0 Å². The molecule has 0 unspecified atom stereocenters. The van der Waals surface area contributed by atoms with Crippen LogP contribution < -0.4 is 10.5 Å². The Morgan fingerprint density at radius 2 is 2.18 bits per heavy atom. The molecule has 0 amide bonds. The lowest BCUT2D eigenvalue weighted by Crippen LogP contribution is -2.11. The van der Waals surface area contributed by atoms with Gasteiger partial charge in [-0.1, -0.05) is 26.1 Å². The lowest BCUT2D eigenvalue weighted by molar-refractivity contribution is 0.276. The summed E-state index contributed by atoms with van der Waals surface area (Å²) in [5, 5.41) is 0. The van der Waals surface area contributed by atoms with Gasteiger partial charge in [0, 0.05) is 5.56 Å². The van der Waals surface area contributed by atoms with Crippen molar-refractivity contribution >= 4 is 33.1 Å². The fourth-order valence-electron chi connectivity index (χ4n) is 1.24. The van der Waals surface area contributed by atoms with Crippen molar-refractivity contribution in [3.05, 3.63) is 28.0 Å². The molecule has 0 aliphatic carbocycles. The summed E-state index contributed by atoms with van der Waals surface area (Å²) in [7, 11) is 0. The molecule has 0 heterocycles. The van der Waals surface area contributed by atoms with Gasteiger partial charge in [0.15, 0.2) is 11.6 Å². The second-order valence-corrected chi connectivity index (χ2v) is 5.37. The number of nitrogens with two attached hydrogens (primary N) is 1. The molecule has 0 saturated heterocycles. The maximum atomic E-state index is 13.9. The van der Waals surface area contributed by atoms with E-state index in [1.54, 1.807) is 12.1 Å². The summed E-state index contributed by atoms with van der Waals surface area (Å²) in [4.78, 5) is 0.157. The van der Waals surface area contributed by atoms with Crippen molar-refractivity contribution in [2.24, 2.45) is 11.7 Å². The normalized spacial score (nSPS) is 10.6.